The quantitative estimate of drug-likeness (QED) is 0.761. The Morgan fingerprint density at radius 1 is 1.29 bits per heavy atom. The maximum absolute atomic E-state index is 8.49. The van der Waals surface area contributed by atoms with E-state index in [-0.39, 0.29) is 0 Å². The van der Waals surface area contributed by atoms with E-state index in [9.17, 15) is 0 Å². The number of benzene rings is 1. The molecule has 0 aliphatic heterocycles. The van der Waals surface area contributed by atoms with E-state index in [2.05, 4.69) is 47.6 Å². The second-order valence-electron chi connectivity index (χ2n) is 4.00. The van der Waals surface area contributed by atoms with Crippen LogP contribution in [0.15, 0.2) is 29.6 Å². The highest BCUT2D eigenvalue weighted by molar-refractivity contribution is 7.09. The van der Waals surface area contributed by atoms with E-state index < -0.39 is 0 Å². The molecule has 0 fully saturated rings. The fourth-order valence-electron chi connectivity index (χ4n) is 1.60. The number of hydrogen-bond donors (Lipinski definition) is 0. The molecule has 1 heterocycles. The van der Waals surface area contributed by atoms with Gasteiger partial charge in [0.2, 0.25) is 0 Å². The summed E-state index contributed by atoms with van der Waals surface area (Å²) in [5.41, 5.74) is 3.47. The summed E-state index contributed by atoms with van der Waals surface area (Å²) in [6, 6.07) is 10.6. The second kappa shape index (κ2) is 5.60. The molecule has 0 atom stereocenters. The maximum atomic E-state index is 8.49. The van der Waals surface area contributed by atoms with E-state index >= 15 is 0 Å². The van der Waals surface area contributed by atoms with E-state index in [1.54, 1.807) is 11.3 Å². The number of aryl methyl sites for hydroxylation is 2. The van der Waals surface area contributed by atoms with Crippen molar-refractivity contribution in [1.82, 2.24) is 4.98 Å². The molecule has 0 saturated carbocycles. The van der Waals surface area contributed by atoms with Crippen LogP contribution in [-0.4, -0.2) is 4.98 Å². The molecule has 0 bridgehead atoms. The summed E-state index contributed by atoms with van der Waals surface area (Å²) in [5, 5.41) is 11.7. The first-order chi connectivity index (χ1) is 8.29. The van der Waals surface area contributed by atoms with Gasteiger partial charge in [-0.3, -0.25) is 0 Å². The van der Waals surface area contributed by atoms with Crippen LogP contribution in [0.25, 0.3) is 11.3 Å². The van der Waals surface area contributed by atoms with Crippen molar-refractivity contribution in [1.29, 1.82) is 5.26 Å². The summed E-state index contributed by atoms with van der Waals surface area (Å²) in [4.78, 5) is 4.59. The maximum Gasteiger partial charge on any atom is 0.0932 e. The molecule has 2 nitrogen and oxygen atoms in total. The first kappa shape index (κ1) is 11.8. The van der Waals surface area contributed by atoms with Gasteiger partial charge in [0.05, 0.1) is 16.8 Å². The lowest BCUT2D eigenvalue weighted by Gasteiger charge is -1.97. The average Bonchev–Trinajstić information content (AvgIpc) is 2.79. The molecule has 0 amide bonds. The number of nitriles is 1. The molecule has 2 rings (SSSR count). The van der Waals surface area contributed by atoms with Gasteiger partial charge in [0, 0.05) is 23.8 Å². The lowest BCUT2D eigenvalue weighted by molar-refractivity contribution is 0.843. The summed E-state index contributed by atoms with van der Waals surface area (Å²) in [7, 11) is 0. The Kier molecular flexibility index (Phi) is 3.89. The average molecular weight is 242 g/mol. The molecule has 0 unspecified atom stereocenters. The van der Waals surface area contributed by atoms with Crippen LogP contribution in [0, 0.1) is 18.3 Å². The third-order valence-corrected chi connectivity index (χ3v) is 3.49. The predicted molar refractivity (Wildman–Crippen MR) is 70.8 cm³/mol. The smallest absolute Gasteiger partial charge is 0.0932 e. The van der Waals surface area contributed by atoms with Crippen LogP contribution in [0.1, 0.15) is 23.4 Å². The monoisotopic (exact) mass is 242 g/mol. The van der Waals surface area contributed by atoms with Crippen LogP contribution in [0.3, 0.4) is 0 Å². The van der Waals surface area contributed by atoms with Crippen LogP contribution < -0.4 is 0 Å². The lowest BCUT2D eigenvalue weighted by atomic mass is 10.1. The molecular formula is C14H14N2S. The van der Waals surface area contributed by atoms with Gasteiger partial charge in [-0.15, -0.1) is 11.3 Å². The number of nitrogens with zero attached hydrogens (tertiary/aromatic N) is 2. The third-order valence-electron chi connectivity index (χ3n) is 2.58. The molecule has 86 valence electrons. The zero-order valence-corrected chi connectivity index (χ0v) is 10.6. The third kappa shape index (κ3) is 3.15. The number of aromatic nitrogens is 1. The van der Waals surface area contributed by atoms with E-state index in [4.69, 9.17) is 5.26 Å². The van der Waals surface area contributed by atoms with Gasteiger partial charge in [0.1, 0.15) is 0 Å². The van der Waals surface area contributed by atoms with Crippen molar-refractivity contribution in [3.8, 4) is 17.3 Å². The minimum Gasteiger partial charge on any atom is -0.241 e. The van der Waals surface area contributed by atoms with E-state index in [0.717, 1.165) is 23.5 Å². The fourth-order valence-corrected chi connectivity index (χ4v) is 2.45. The number of hydrogen-bond acceptors (Lipinski definition) is 3. The van der Waals surface area contributed by atoms with Gasteiger partial charge in [-0.2, -0.15) is 5.26 Å². The molecule has 0 aliphatic carbocycles. The lowest BCUT2D eigenvalue weighted by Crippen LogP contribution is -1.84. The highest BCUT2D eigenvalue weighted by atomic mass is 32.1. The highest BCUT2D eigenvalue weighted by Crippen LogP contribution is 2.23. The number of thiazole rings is 1. The summed E-state index contributed by atoms with van der Waals surface area (Å²) >= 11 is 1.68. The van der Waals surface area contributed by atoms with Crippen LogP contribution >= 0.6 is 11.3 Å². The summed E-state index contributed by atoms with van der Waals surface area (Å²) < 4.78 is 0. The van der Waals surface area contributed by atoms with Crippen molar-refractivity contribution < 1.29 is 0 Å². The van der Waals surface area contributed by atoms with Crippen molar-refractivity contribution in [2.24, 2.45) is 0 Å². The Morgan fingerprint density at radius 2 is 2.06 bits per heavy atom. The largest absolute Gasteiger partial charge is 0.241 e. The molecule has 1 aromatic heterocycles. The van der Waals surface area contributed by atoms with Gasteiger partial charge in [-0.05, 0) is 13.3 Å². The number of rotatable bonds is 4. The van der Waals surface area contributed by atoms with Crippen molar-refractivity contribution >= 4 is 11.3 Å². The second-order valence-corrected chi connectivity index (χ2v) is 4.95. The van der Waals surface area contributed by atoms with Gasteiger partial charge in [0.25, 0.3) is 0 Å². The molecular weight excluding hydrogens is 228 g/mol. The van der Waals surface area contributed by atoms with Crippen molar-refractivity contribution in [2.45, 2.75) is 26.2 Å². The van der Waals surface area contributed by atoms with Crippen LogP contribution in [0.5, 0.6) is 0 Å². The fraction of sp³-hybridized carbons (Fsp3) is 0.286. The van der Waals surface area contributed by atoms with Crippen LogP contribution in [0.2, 0.25) is 0 Å². The molecule has 0 saturated heterocycles. The highest BCUT2D eigenvalue weighted by Gasteiger charge is 2.04. The molecule has 1 aromatic carbocycles. The molecule has 0 aliphatic rings. The molecule has 0 spiro atoms. The minimum atomic E-state index is 0.611. The first-order valence-corrected chi connectivity index (χ1v) is 6.56. The zero-order valence-electron chi connectivity index (χ0n) is 9.81. The van der Waals surface area contributed by atoms with Crippen molar-refractivity contribution in [2.75, 3.05) is 0 Å². The Hall–Kier alpha value is -1.66. The number of unbranched alkanes of at least 4 members (excludes halogenated alkanes) is 1. The zero-order chi connectivity index (χ0) is 12.1. The minimum absolute atomic E-state index is 0.611. The SMILES string of the molecule is Cc1ccc(-c2csc(CCCC#N)n2)cc1. The van der Waals surface area contributed by atoms with E-state index in [0.29, 0.717) is 6.42 Å². The van der Waals surface area contributed by atoms with Crippen LogP contribution in [0.4, 0.5) is 0 Å². The van der Waals surface area contributed by atoms with Gasteiger partial charge >= 0.3 is 0 Å². The molecule has 17 heavy (non-hydrogen) atoms. The summed E-state index contributed by atoms with van der Waals surface area (Å²) in [6.07, 6.45) is 2.42. The molecule has 3 heteroatoms. The normalized spacial score (nSPS) is 10.1. The Morgan fingerprint density at radius 3 is 2.76 bits per heavy atom. The standard InChI is InChI=1S/C14H14N2S/c1-11-5-7-12(8-6-11)13-10-17-14(16-13)4-2-3-9-15/h5-8,10H,2-4H2,1H3. The van der Waals surface area contributed by atoms with Crippen molar-refractivity contribution in [3.63, 3.8) is 0 Å². The molecule has 0 N–H and O–H groups in total. The van der Waals surface area contributed by atoms with Gasteiger partial charge in [0.15, 0.2) is 0 Å². The Balaban J connectivity index is 2.08. The van der Waals surface area contributed by atoms with E-state index in [1.165, 1.54) is 11.1 Å². The van der Waals surface area contributed by atoms with Crippen LogP contribution in [-0.2, 0) is 6.42 Å². The van der Waals surface area contributed by atoms with Gasteiger partial charge in [-0.1, -0.05) is 29.8 Å². The first-order valence-electron chi connectivity index (χ1n) is 5.68. The van der Waals surface area contributed by atoms with Gasteiger partial charge < -0.3 is 0 Å². The van der Waals surface area contributed by atoms with Gasteiger partial charge in [-0.25, -0.2) is 4.98 Å². The molecule has 0 radical (unpaired) electrons. The Bertz CT molecular complexity index is 520. The predicted octanol–water partition coefficient (Wildman–Crippen LogP) is 3.96. The van der Waals surface area contributed by atoms with Crippen molar-refractivity contribution in [3.05, 3.63) is 40.2 Å². The summed E-state index contributed by atoms with van der Waals surface area (Å²) in [5.74, 6) is 0. The molecule has 2 aromatic rings. The topological polar surface area (TPSA) is 36.7 Å². The van der Waals surface area contributed by atoms with E-state index in [1.807, 2.05) is 0 Å². The summed E-state index contributed by atoms with van der Waals surface area (Å²) in [6.45, 7) is 2.08. The Labute approximate surface area is 106 Å².